The summed E-state index contributed by atoms with van der Waals surface area (Å²) < 4.78 is 10.4. The van der Waals surface area contributed by atoms with E-state index in [1.807, 2.05) is 36.5 Å². The van der Waals surface area contributed by atoms with Gasteiger partial charge in [-0.2, -0.15) is 5.10 Å². The lowest BCUT2D eigenvalue weighted by atomic mass is 10.2. The summed E-state index contributed by atoms with van der Waals surface area (Å²) in [6.07, 6.45) is 3.59. The molecule has 0 radical (unpaired) electrons. The Kier molecular flexibility index (Phi) is 4.44. The number of rotatable bonds is 6. The van der Waals surface area contributed by atoms with Gasteiger partial charge >= 0.3 is 0 Å². The molecule has 0 aliphatic carbocycles. The fourth-order valence-corrected chi connectivity index (χ4v) is 1.67. The van der Waals surface area contributed by atoms with Gasteiger partial charge in [-0.1, -0.05) is 6.07 Å². The third kappa shape index (κ3) is 3.51. The van der Waals surface area contributed by atoms with E-state index in [1.54, 1.807) is 20.4 Å². The predicted octanol–water partition coefficient (Wildman–Crippen LogP) is 2.16. The van der Waals surface area contributed by atoms with Gasteiger partial charge in [-0.15, -0.1) is 0 Å². The van der Waals surface area contributed by atoms with Crippen molar-refractivity contribution in [1.82, 2.24) is 10.4 Å². The highest BCUT2D eigenvalue weighted by Gasteiger charge is 2.03. The van der Waals surface area contributed by atoms with Crippen LogP contribution in [0.25, 0.3) is 0 Å². The minimum atomic E-state index is 0.623. The van der Waals surface area contributed by atoms with Crippen molar-refractivity contribution in [1.29, 1.82) is 0 Å². The summed E-state index contributed by atoms with van der Waals surface area (Å²) >= 11 is 0. The first-order valence-corrected chi connectivity index (χ1v) is 5.93. The third-order valence-corrected chi connectivity index (χ3v) is 2.65. The highest BCUT2D eigenvalue weighted by atomic mass is 16.5. The second-order valence-corrected chi connectivity index (χ2v) is 3.91. The minimum absolute atomic E-state index is 0.623. The fraction of sp³-hybridized carbons (Fsp3) is 0.214. The number of hydrazone groups is 1. The van der Waals surface area contributed by atoms with E-state index in [4.69, 9.17) is 9.47 Å². The molecule has 2 rings (SSSR count). The van der Waals surface area contributed by atoms with E-state index >= 15 is 0 Å². The molecule has 19 heavy (non-hydrogen) atoms. The fourth-order valence-electron chi connectivity index (χ4n) is 1.67. The van der Waals surface area contributed by atoms with E-state index in [0.29, 0.717) is 6.54 Å². The zero-order chi connectivity index (χ0) is 13.5. The van der Waals surface area contributed by atoms with Crippen LogP contribution in [0, 0.1) is 0 Å². The first kappa shape index (κ1) is 13.0. The predicted molar refractivity (Wildman–Crippen MR) is 74.8 cm³/mol. The second kappa shape index (κ2) is 6.49. The minimum Gasteiger partial charge on any atom is -0.493 e. The molecule has 0 spiro atoms. The molecule has 0 saturated carbocycles. The van der Waals surface area contributed by atoms with Crippen LogP contribution in [0.5, 0.6) is 11.5 Å². The maximum Gasteiger partial charge on any atom is 0.161 e. The first-order valence-electron chi connectivity index (χ1n) is 5.93. The van der Waals surface area contributed by atoms with Crippen LogP contribution in [0.15, 0.2) is 41.6 Å². The summed E-state index contributed by atoms with van der Waals surface area (Å²) in [6, 6.07) is 9.65. The number of aromatic nitrogens is 1. The Hall–Kier alpha value is -2.43. The number of benzene rings is 1. The van der Waals surface area contributed by atoms with Gasteiger partial charge < -0.3 is 19.9 Å². The van der Waals surface area contributed by atoms with E-state index in [2.05, 4.69) is 15.5 Å². The lowest BCUT2D eigenvalue weighted by Gasteiger charge is -2.09. The maximum atomic E-state index is 5.25. The molecule has 2 N–H and O–H groups in total. The number of methoxy groups -OCH3 is 2. The Morgan fingerprint density at radius 3 is 2.74 bits per heavy atom. The molecule has 0 aliphatic rings. The molecule has 0 aliphatic heterocycles. The molecule has 1 heterocycles. The Labute approximate surface area is 112 Å². The van der Waals surface area contributed by atoms with E-state index in [9.17, 15) is 0 Å². The summed E-state index contributed by atoms with van der Waals surface area (Å²) in [4.78, 5) is 3.04. The van der Waals surface area contributed by atoms with Crippen LogP contribution in [0.1, 0.15) is 11.3 Å². The molecule has 0 unspecified atom stereocenters. The quantitative estimate of drug-likeness (QED) is 0.617. The second-order valence-electron chi connectivity index (χ2n) is 3.91. The van der Waals surface area contributed by atoms with Crippen molar-refractivity contribution < 1.29 is 9.47 Å². The molecule has 0 saturated heterocycles. The molecule has 0 atom stereocenters. The average molecular weight is 259 g/mol. The zero-order valence-corrected chi connectivity index (χ0v) is 11.0. The topological polar surface area (TPSA) is 58.6 Å². The van der Waals surface area contributed by atoms with Crippen LogP contribution in [0.3, 0.4) is 0 Å². The molecule has 5 heteroatoms. The number of H-pyrrole nitrogens is 1. The highest BCUT2D eigenvalue weighted by Crippen LogP contribution is 2.27. The van der Waals surface area contributed by atoms with Gasteiger partial charge in [-0.25, -0.2) is 0 Å². The van der Waals surface area contributed by atoms with Gasteiger partial charge in [0.15, 0.2) is 11.5 Å². The Morgan fingerprint density at radius 2 is 2.05 bits per heavy atom. The van der Waals surface area contributed by atoms with Crippen LogP contribution < -0.4 is 14.9 Å². The normalized spacial score (nSPS) is 10.6. The van der Waals surface area contributed by atoms with Gasteiger partial charge in [0.25, 0.3) is 0 Å². The molecule has 100 valence electrons. The molecule has 1 aromatic carbocycles. The maximum absolute atomic E-state index is 5.25. The van der Waals surface area contributed by atoms with Crippen LogP contribution >= 0.6 is 0 Å². The number of aromatic amines is 1. The van der Waals surface area contributed by atoms with Crippen molar-refractivity contribution in [3.63, 3.8) is 0 Å². The number of nitrogens with zero attached hydrogens (tertiary/aromatic N) is 1. The van der Waals surface area contributed by atoms with E-state index in [0.717, 1.165) is 22.8 Å². The van der Waals surface area contributed by atoms with Crippen molar-refractivity contribution >= 4 is 6.21 Å². The summed E-state index contributed by atoms with van der Waals surface area (Å²) in [5.41, 5.74) is 5.01. The van der Waals surface area contributed by atoms with Gasteiger partial charge in [0.2, 0.25) is 0 Å². The highest BCUT2D eigenvalue weighted by molar-refractivity contribution is 5.76. The molecule has 0 fully saturated rings. The summed E-state index contributed by atoms with van der Waals surface area (Å²) in [7, 11) is 3.24. The molecular formula is C14H17N3O2. The summed E-state index contributed by atoms with van der Waals surface area (Å²) in [6.45, 7) is 0.623. The van der Waals surface area contributed by atoms with Gasteiger partial charge in [-0.05, 0) is 29.8 Å². The third-order valence-electron chi connectivity index (χ3n) is 2.65. The first-order chi connectivity index (χ1) is 9.33. The largest absolute Gasteiger partial charge is 0.493 e. The molecular weight excluding hydrogens is 242 g/mol. The number of hydrogen-bond donors (Lipinski definition) is 2. The van der Waals surface area contributed by atoms with E-state index in [1.165, 1.54) is 0 Å². The van der Waals surface area contributed by atoms with Gasteiger partial charge in [0.1, 0.15) is 0 Å². The van der Waals surface area contributed by atoms with E-state index < -0.39 is 0 Å². The summed E-state index contributed by atoms with van der Waals surface area (Å²) in [5, 5.41) is 4.13. The number of nitrogens with one attached hydrogen (secondary N) is 2. The monoisotopic (exact) mass is 259 g/mol. The van der Waals surface area contributed by atoms with Crippen LogP contribution in [0.4, 0.5) is 0 Å². The Morgan fingerprint density at radius 1 is 1.21 bits per heavy atom. The van der Waals surface area contributed by atoms with Crippen molar-refractivity contribution in [2.75, 3.05) is 14.2 Å². The molecule has 5 nitrogen and oxygen atoms in total. The smallest absolute Gasteiger partial charge is 0.161 e. The van der Waals surface area contributed by atoms with Crippen molar-refractivity contribution in [2.45, 2.75) is 6.54 Å². The average Bonchev–Trinajstić information content (AvgIpc) is 2.96. The van der Waals surface area contributed by atoms with Gasteiger partial charge in [0, 0.05) is 6.20 Å². The molecule has 0 amide bonds. The molecule has 0 bridgehead atoms. The van der Waals surface area contributed by atoms with Gasteiger partial charge in [-0.3, -0.25) is 0 Å². The summed E-state index contributed by atoms with van der Waals surface area (Å²) in [5.74, 6) is 1.44. The van der Waals surface area contributed by atoms with Gasteiger partial charge in [0.05, 0.1) is 32.7 Å². The van der Waals surface area contributed by atoms with Crippen LogP contribution in [-0.4, -0.2) is 25.4 Å². The lowest BCUT2D eigenvalue weighted by molar-refractivity contribution is 0.354. The number of ether oxygens (including phenoxy) is 2. The lowest BCUT2D eigenvalue weighted by Crippen LogP contribution is -2.06. The standard InChI is InChI=1S/C14H17N3O2/c1-18-13-6-5-11(8-14(13)19-2)9-16-17-10-12-4-3-7-15-12/h3-8,10,15-16H,9H2,1-2H3/b17-10+. The Bertz CT molecular complexity index is 536. The number of hydrogen-bond acceptors (Lipinski definition) is 4. The van der Waals surface area contributed by atoms with Crippen molar-refractivity contribution in [2.24, 2.45) is 5.10 Å². The van der Waals surface area contributed by atoms with Crippen molar-refractivity contribution in [3.8, 4) is 11.5 Å². The van der Waals surface area contributed by atoms with Crippen LogP contribution in [-0.2, 0) is 6.54 Å². The Balaban J connectivity index is 1.92. The van der Waals surface area contributed by atoms with E-state index in [-0.39, 0.29) is 0 Å². The van der Waals surface area contributed by atoms with Crippen LogP contribution in [0.2, 0.25) is 0 Å². The molecule has 1 aromatic heterocycles. The zero-order valence-electron chi connectivity index (χ0n) is 11.0. The van der Waals surface area contributed by atoms with Crippen molar-refractivity contribution in [3.05, 3.63) is 47.8 Å². The molecule has 2 aromatic rings. The SMILES string of the molecule is COc1ccc(CN/N=C/c2ccc[nH]2)cc1OC.